The fraction of sp³-hybridized carbons (Fsp3) is 0.444. The van der Waals surface area contributed by atoms with Crippen LogP contribution in [0.2, 0.25) is 0 Å². The lowest BCUT2D eigenvalue weighted by atomic mass is 9.91. The molecule has 5 nitrogen and oxygen atoms in total. The van der Waals surface area contributed by atoms with Crippen molar-refractivity contribution in [3.8, 4) is 0 Å². The zero-order chi connectivity index (χ0) is 35.5. The van der Waals surface area contributed by atoms with Crippen LogP contribution in [0.25, 0.3) is 12.2 Å². The largest absolute Gasteiger partial charge is 0.375 e. The number of rotatable bonds is 10. The van der Waals surface area contributed by atoms with E-state index in [0.29, 0.717) is 0 Å². The molecule has 262 valence electrons. The van der Waals surface area contributed by atoms with Crippen molar-refractivity contribution in [2.75, 3.05) is 0 Å². The van der Waals surface area contributed by atoms with Crippen molar-refractivity contribution < 1.29 is 0 Å². The van der Waals surface area contributed by atoms with Gasteiger partial charge in [0.1, 0.15) is 0 Å². The highest BCUT2D eigenvalue weighted by molar-refractivity contribution is 6.24. The van der Waals surface area contributed by atoms with Crippen molar-refractivity contribution in [2.45, 2.75) is 133 Å². The average Bonchev–Trinajstić information content (AvgIpc) is 3.81. The van der Waals surface area contributed by atoms with Gasteiger partial charge in [-0.15, -0.1) is 0 Å². The second-order valence-corrected chi connectivity index (χ2v) is 14.2. The Bertz CT molecular complexity index is 2050. The van der Waals surface area contributed by atoms with Gasteiger partial charge in [0.05, 0.1) is 40.3 Å². The van der Waals surface area contributed by atoms with Crippen molar-refractivity contribution in [1.82, 2.24) is 10.3 Å². The Kier molecular flexibility index (Phi) is 10.9. The van der Waals surface area contributed by atoms with E-state index < -0.39 is 0 Å². The molecule has 5 heteroatoms. The number of H-pyrrole nitrogens is 1. The first-order chi connectivity index (χ1) is 24.2. The summed E-state index contributed by atoms with van der Waals surface area (Å²) in [6.45, 7) is 20.3. The zero-order valence-corrected chi connectivity index (χ0v) is 32.0. The van der Waals surface area contributed by atoms with Gasteiger partial charge < -0.3 is 10.3 Å². The molecule has 0 amide bonds. The van der Waals surface area contributed by atoms with Gasteiger partial charge in [-0.3, -0.25) is 0 Å². The number of hydrogen-bond acceptors (Lipinski definition) is 4. The molecule has 5 aliphatic heterocycles. The number of hydrogen-bond donors (Lipinski definition) is 2. The first-order valence-electron chi connectivity index (χ1n) is 19.4. The quantitative estimate of drug-likeness (QED) is 0.256. The van der Waals surface area contributed by atoms with Crippen molar-refractivity contribution >= 4 is 29.3 Å². The fourth-order valence-corrected chi connectivity index (χ4v) is 8.00. The molecule has 6 rings (SSSR count). The maximum atomic E-state index is 5.33. The molecule has 1 unspecified atom stereocenters. The molecule has 0 radical (unpaired) electrons. The van der Waals surface area contributed by atoms with Gasteiger partial charge in [-0.25, -0.2) is 15.0 Å². The summed E-state index contributed by atoms with van der Waals surface area (Å²) in [5.41, 5.74) is 19.4. The monoisotopic (exact) mass is 667 g/mol. The molecule has 0 saturated heterocycles. The molecule has 1 aromatic rings. The molecule has 0 spiro atoms. The molecule has 2 N–H and O–H groups in total. The second kappa shape index (κ2) is 15.3. The summed E-state index contributed by atoms with van der Waals surface area (Å²) in [4.78, 5) is 19.8. The number of aromatic nitrogens is 1. The molecular formula is C45H57N5. The van der Waals surface area contributed by atoms with Gasteiger partial charge >= 0.3 is 0 Å². The van der Waals surface area contributed by atoms with Crippen molar-refractivity contribution in [3.63, 3.8) is 0 Å². The predicted molar refractivity (Wildman–Crippen MR) is 215 cm³/mol. The van der Waals surface area contributed by atoms with E-state index in [1.54, 1.807) is 0 Å². The Morgan fingerprint density at radius 2 is 1.28 bits per heavy atom. The van der Waals surface area contributed by atoms with E-state index in [4.69, 9.17) is 15.0 Å². The standard InChI is InChI=1S/C45H57N5/c1-10-16-18-36-28(8)38-22-33-21-31(13-4)41(46-33)25-43-35(15-6)30(12-3)20-32(47-43)23-42-34(14-5)27(7)39(49-42)24-40-29(9)37(19-17-11-2)45(50-40)26-44(36)48-38/h20-26,32,47,50H,10-19H2,1-9H3/b38-22-,40-24-,41-25-,42-23+,45-26-. The van der Waals surface area contributed by atoms with E-state index in [2.05, 4.69) is 115 Å². The molecule has 5 aliphatic rings. The van der Waals surface area contributed by atoms with Crippen LogP contribution in [0, 0.1) is 6.92 Å². The van der Waals surface area contributed by atoms with E-state index in [-0.39, 0.29) is 6.04 Å². The number of allylic oxidation sites excluding steroid dienone is 10. The van der Waals surface area contributed by atoms with Crippen LogP contribution in [0.3, 0.4) is 0 Å². The van der Waals surface area contributed by atoms with Gasteiger partial charge in [0, 0.05) is 16.4 Å². The highest BCUT2D eigenvalue weighted by Gasteiger charge is 2.25. The van der Waals surface area contributed by atoms with Crippen LogP contribution >= 0.6 is 0 Å². The maximum absolute atomic E-state index is 5.33. The van der Waals surface area contributed by atoms with Crippen molar-refractivity contribution in [2.24, 2.45) is 15.0 Å². The fourth-order valence-electron chi connectivity index (χ4n) is 8.00. The van der Waals surface area contributed by atoms with E-state index in [0.717, 1.165) is 104 Å². The van der Waals surface area contributed by atoms with Gasteiger partial charge in [-0.2, -0.15) is 0 Å². The maximum Gasteiger partial charge on any atom is 0.0693 e. The van der Waals surface area contributed by atoms with Crippen LogP contribution in [0.5, 0.6) is 0 Å². The van der Waals surface area contributed by atoms with Crippen LogP contribution in [0.15, 0.2) is 107 Å². The van der Waals surface area contributed by atoms with Gasteiger partial charge in [-0.05, 0) is 159 Å². The number of nitrogens with one attached hydrogen (secondary N) is 2. The van der Waals surface area contributed by atoms with E-state index in [9.17, 15) is 0 Å². The Morgan fingerprint density at radius 3 is 1.98 bits per heavy atom. The lowest BCUT2D eigenvalue weighted by molar-refractivity contribution is 0.745. The molecule has 50 heavy (non-hydrogen) atoms. The first kappa shape index (κ1) is 35.6. The molecule has 0 aliphatic carbocycles. The highest BCUT2D eigenvalue weighted by atomic mass is 14.9. The van der Waals surface area contributed by atoms with E-state index in [1.165, 1.54) is 61.2 Å². The Balaban J connectivity index is 1.64. The van der Waals surface area contributed by atoms with Crippen LogP contribution in [-0.4, -0.2) is 28.2 Å². The minimum Gasteiger partial charge on any atom is -0.375 e. The third kappa shape index (κ3) is 6.89. The minimum atomic E-state index is 0.0424. The number of unbranched alkanes of at least 4 members (excludes halogenated alkanes) is 2. The molecule has 1 atom stereocenters. The minimum absolute atomic E-state index is 0.0424. The van der Waals surface area contributed by atoms with Gasteiger partial charge in [0.25, 0.3) is 0 Å². The average molecular weight is 668 g/mol. The third-order valence-electron chi connectivity index (χ3n) is 11.0. The Morgan fingerprint density at radius 1 is 0.580 bits per heavy atom. The van der Waals surface area contributed by atoms with Gasteiger partial charge in [0.15, 0.2) is 0 Å². The predicted octanol–water partition coefficient (Wildman–Crippen LogP) is 9.80. The summed E-state index contributed by atoms with van der Waals surface area (Å²) in [5, 5.41) is 6.23. The van der Waals surface area contributed by atoms with Gasteiger partial charge in [0.2, 0.25) is 0 Å². The van der Waals surface area contributed by atoms with Crippen LogP contribution in [0.1, 0.15) is 124 Å². The normalized spacial score (nSPS) is 24.8. The van der Waals surface area contributed by atoms with Crippen molar-refractivity contribution in [3.05, 3.63) is 114 Å². The summed E-state index contributed by atoms with van der Waals surface area (Å²) >= 11 is 0. The number of dihydropyridines is 1. The molecule has 6 heterocycles. The molecule has 0 aromatic carbocycles. The molecule has 10 bridgehead atoms. The molecular weight excluding hydrogens is 611 g/mol. The summed E-state index contributed by atoms with van der Waals surface area (Å²) in [6.07, 6.45) is 26.6. The summed E-state index contributed by atoms with van der Waals surface area (Å²) in [7, 11) is 0. The van der Waals surface area contributed by atoms with E-state index in [1.807, 2.05) is 0 Å². The Hall–Kier alpha value is -4.25. The summed E-state index contributed by atoms with van der Waals surface area (Å²) < 4.78 is 0. The lowest BCUT2D eigenvalue weighted by Gasteiger charge is -2.26. The number of aliphatic imine (C=N–C) groups is 3. The zero-order valence-electron chi connectivity index (χ0n) is 32.0. The van der Waals surface area contributed by atoms with E-state index >= 15 is 0 Å². The smallest absolute Gasteiger partial charge is 0.0693 e. The highest BCUT2D eigenvalue weighted by Crippen LogP contribution is 2.34. The third-order valence-corrected chi connectivity index (χ3v) is 11.0. The Labute approximate surface area is 300 Å². The summed E-state index contributed by atoms with van der Waals surface area (Å²) in [5.74, 6) is 0. The summed E-state index contributed by atoms with van der Waals surface area (Å²) in [6, 6.07) is 0.0424. The van der Waals surface area contributed by atoms with Crippen LogP contribution < -0.4 is 16.0 Å². The molecule has 1 aromatic heterocycles. The second-order valence-electron chi connectivity index (χ2n) is 14.2. The van der Waals surface area contributed by atoms with Crippen LogP contribution in [-0.2, 0) is 6.42 Å². The van der Waals surface area contributed by atoms with Gasteiger partial charge in [-0.1, -0.05) is 60.5 Å². The topological polar surface area (TPSA) is 64.9 Å². The van der Waals surface area contributed by atoms with Crippen LogP contribution in [0.4, 0.5) is 0 Å². The van der Waals surface area contributed by atoms with Crippen molar-refractivity contribution in [1.29, 1.82) is 0 Å². The number of fused-ring (bicyclic) bond motifs is 7. The number of aromatic amines is 1. The first-order valence-corrected chi connectivity index (χ1v) is 19.4. The SMILES string of the molecule is CCCCC1=C(C)/C2=C/C3=NC(=C\C4=C(CC)C(CC)=CC(/C=C5N=C(/C=c6\[nH]/c(c(CCCC)c6C)=C\C1=N2)C(C)=C/5CC)N4)/C(CC)=C3. The molecule has 0 saturated carbocycles. The number of nitrogens with zero attached hydrogens (tertiary/aromatic N) is 3. The molecule has 0 fully saturated rings. The lowest BCUT2D eigenvalue weighted by Crippen LogP contribution is -2.30.